The number of pyridine rings is 1. The van der Waals surface area contributed by atoms with Crippen LogP contribution in [0.25, 0.3) is 0 Å². The van der Waals surface area contributed by atoms with Crippen LogP contribution in [0.4, 0.5) is 5.69 Å². The summed E-state index contributed by atoms with van der Waals surface area (Å²) >= 11 is 1.65. The third-order valence-electron chi connectivity index (χ3n) is 3.72. The van der Waals surface area contributed by atoms with Crippen LogP contribution in [0.15, 0.2) is 18.3 Å². The van der Waals surface area contributed by atoms with E-state index in [2.05, 4.69) is 16.0 Å². The summed E-state index contributed by atoms with van der Waals surface area (Å²) in [6, 6.07) is 4.06. The summed E-state index contributed by atoms with van der Waals surface area (Å²) in [4.78, 5) is 20.4. The number of aliphatic hydroxyl groups excluding tert-OH is 1. The molecule has 0 bridgehead atoms. The molecule has 1 aromatic rings. The van der Waals surface area contributed by atoms with Crippen LogP contribution in [-0.2, 0) is 4.79 Å². The molecule has 1 N–H and O–H groups in total. The predicted octanol–water partition coefficient (Wildman–Crippen LogP) is 1.15. The number of amides is 1. The molecule has 0 aliphatic carbocycles. The second-order valence-electron chi connectivity index (χ2n) is 5.27. The van der Waals surface area contributed by atoms with E-state index in [1.54, 1.807) is 16.7 Å². The molecule has 0 unspecified atom stereocenters. The molecule has 1 fully saturated rings. The summed E-state index contributed by atoms with van der Waals surface area (Å²) in [5, 5.41) is 9.89. The first-order valence-electron chi connectivity index (χ1n) is 7.25. The quantitative estimate of drug-likeness (QED) is 0.884. The molecular weight excluding hydrogens is 286 g/mol. The first-order chi connectivity index (χ1) is 10.1. The van der Waals surface area contributed by atoms with Crippen molar-refractivity contribution in [3.63, 3.8) is 0 Å². The Bertz CT molecular complexity index is 476. The first kappa shape index (κ1) is 16.1. The number of carbonyl (C=O) groups excluding carboxylic acids is 1. The fourth-order valence-electron chi connectivity index (χ4n) is 2.48. The maximum Gasteiger partial charge on any atom is 0.251 e. The van der Waals surface area contributed by atoms with Crippen LogP contribution in [0.1, 0.15) is 12.1 Å². The standard InChI is InChI=1S/C15H23N3O2S/c1-12-11-13(3-5-16-12)17-6-8-18(9-7-17)15(20)14(19)4-10-21-2/h3,5,11,14,19H,4,6-10H2,1-2H3/t14-/m1/s1. The van der Waals surface area contributed by atoms with Gasteiger partial charge in [-0.25, -0.2) is 0 Å². The van der Waals surface area contributed by atoms with Crippen molar-refractivity contribution < 1.29 is 9.90 Å². The number of piperazine rings is 1. The van der Waals surface area contributed by atoms with E-state index in [0.29, 0.717) is 19.5 Å². The molecule has 1 saturated heterocycles. The molecule has 5 nitrogen and oxygen atoms in total. The van der Waals surface area contributed by atoms with Gasteiger partial charge in [-0.2, -0.15) is 11.8 Å². The van der Waals surface area contributed by atoms with Crippen LogP contribution in [-0.4, -0.2) is 65.2 Å². The summed E-state index contributed by atoms with van der Waals surface area (Å²) in [5.41, 5.74) is 2.15. The number of thioether (sulfide) groups is 1. The van der Waals surface area contributed by atoms with Crippen LogP contribution in [0.2, 0.25) is 0 Å². The zero-order valence-electron chi connectivity index (χ0n) is 12.7. The third-order valence-corrected chi connectivity index (χ3v) is 4.36. The van der Waals surface area contributed by atoms with Gasteiger partial charge in [-0.1, -0.05) is 0 Å². The highest BCUT2D eigenvalue weighted by Crippen LogP contribution is 2.17. The minimum Gasteiger partial charge on any atom is -0.383 e. The van der Waals surface area contributed by atoms with Gasteiger partial charge in [-0.05, 0) is 37.5 Å². The van der Waals surface area contributed by atoms with E-state index >= 15 is 0 Å². The van der Waals surface area contributed by atoms with Gasteiger partial charge in [0.1, 0.15) is 6.10 Å². The highest BCUT2D eigenvalue weighted by atomic mass is 32.2. The van der Waals surface area contributed by atoms with Crippen LogP contribution in [0.3, 0.4) is 0 Å². The Balaban J connectivity index is 1.87. The maximum absolute atomic E-state index is 12.1. The van der Waals surface area contributed by atoms with E-state index in [1.165, 1.54) is 0 Å². The number of anilines is 1. The minimum atomic E-state index is -0.854. The molecule has 0 aromatic carbocycles. The number of aromatic nitrogens is 1. The van der Waals surface area contributed by atoms with Crippen molar-refractivity contribution >= 4 is 23.4 Å². The largest absolute Gasteiger partial charge is 0.383 e. The first-order valence-corrected chi connectivity index (χ1v) is 8.64. The number of nitrogens with zero attached hydrogens (tertiary/aromatic N) is 3. The van der Waals surface area contributed by atoms with Gasteiger partial charge in [0.25, 0.3) is 5.91 Å². The molecular formula is C15H23N3O2S. The van der Waals surface area contributed by atoms with Crippen LogP contribution >= 0.6 is 11.8 Å². The van der Waals surface area contributed by atoms with Gasteiger partial charge in [0.05, 0.1) is 0 Å². The Morgan fingerprint density at radius 1 is 1.43 bits per heavy atom. The summed E-state index contributed by atoms with van der Waals surface area (Å²) in [6.07, 6.45) is 3.47. The number of hydrogen-bond acceptors (Lipinski definition) is 5. The topological polar surface area (TPSA) is 56.7 Å². The molecule has 1 aromatic heterocycles. The Labute approximate surface area is 130 Å². The van der Waals surface area contributed by atoms with E-state index in [-0.39, 0.29) is 5.91 Å². The Morgan fingerprint density at radius 3 is 2.76 bits per heavy atom. The molecule has 0 spiro atoms. The lowest BCUT2D eigenvalue weighted by molar-refractivity contribution is -0.140. The van der Waals surface area contributed by atoms with Crippen molar-refractivity contribution in [3.05, 3.63) is 24.0 Å². The average Bonchev–Trinajstić information content (AvgIpc) is 2.52. The molecule has 1 atom stereocenters. The van der Waals surface area contributed by atoms with Crippen molar-refractivity contribution in [2.24, 2.45) is 0 Å². The van der Waals surface area contributed by atoms with Gasteiger partial charge in [-0.3, -0.25) is 9.78 Å². The number of rotatable bonds is 5. The lowest BCUT2D eigenvalue weighted by atomic mass is 10.2. The van der Waals surface area contributed by atoms with Crippen molar-refractivity contribution in [2.75, 3.05) is 43.1 Å². The van der Waals surface area contributed by atoms with Crippen molar-refractivity contribution in [1.82, 2.24) is 9.88 Å². The fourth-order valence-corrected chi connectivity index (χ4v) is 2.94. The zero-order chi connectivity index (χ0) is 15.2. The summed E-state index contributed by atoms with van der Waals surface area (Å²) in [5.74, 6) is 0.679. The number of aryl methyl sites for hydroxylation is 1. The van der Waals surface area contributed by atoms with Gasteiger partial charge < -0.3 is 14.9 Å². The second-order valence-corrected chi connectivity index (χ2v) is 6.25. The van der Waals surface area contributed by atoms with Crippen molar-refractivity contribution in [1.29, 1.82) is 0 Å². The van der Waals surface area contributed by atoms with Gasteiger partial charge >= 0.3 is 0 Å². The maximum atomic E-state index is 12.1. The molecule has 116 valence electrons. The molecule has 2 rings (SSSR count). The highest BCUT2D eigenvalue weighted by molar-refractivity contribution is 7.98. The lowest BCUT2D eigenvalue weighted by Gasteiger charge is -2.37. The summed E-state index contributed by atoms with van der Waals surface area (Å²) in [6.45, 7) is 4.90. The van der Waals surface area contributed by atoms with Crippen molar-refractivity contribution in [2.45, 2.75) is 19.4 Å². The number of aliphatic hydroxyl groups is 1. The van der Waals surface area contributed by atoms with Crippen LogP contribution in [0, 0.1) is 6.92 Å². The molecule has 0 saturated carbocycles. The minimum absolute atomic E-state index is 0.130. The Hall–Kier alpha value is -1.27. The molecule has 2 heterocycles. The van der Waals surface area contributed by atoms with Gasteiger partial charge in [0.15, 0.2) is 0 Å². The molecule has 1 aliphatic heterocycles. The Kier molecular flexibility index (Phi) is 5.87. The predicted molar refractivity (Wildman–Crippen MR) is 86.8 cm³/mol. The molecule has 6 heteroatoms. The average molecular weight is 309 g/mol. The van der Waals surface area contributed by atoms with Crippen LogP contribution < -0.4 is 4.90 Å². The molecule has 1 amide bonds. The van der Waals surface area contributed by atoms with E-state index in [9.17, 15) is 9.90 Å². The molecule has 0 radical (unpaired) electrons. The monoisotopic (exact) mass is 309 g/mol. The smallest absolute Gasteiger partial charge is 0.251 e. The molecule has 1 aliphatic rings. The molecule has 21 heavy (non-hydrogen) atoms. The van der Waals surface area contributed by atoms with Gasteiger partial charge in [0.2, 0.25) is 0 Å². The normalized spacial score (nSPS) is 16.9. The number of carbonyl (C=O) groups is 1. The van der Waals surface area contributed by atoms with E-state index in [4.69, 9.17) is 0 Å². The van der Waals surface area contributed by atoms with Crippen LogP contribution in [0.5, 0.6) is 0 Å². The second kappa shape index (κ2) is 7.66. The van der Waals surface area contributed by atoms with E-state index < -0.39 is 6.10 Å². The number of hydrogen-bond donors (Lipinski definition) is 1. The van der Waals surface area contributed by atoms with E-state index in [0.717, 1.165) is 30.2 Å². The van der Waals surface area contributed by atoms with E-state index in [1.807, 2.05) is 25.4 Å². The van der Waals surface area contributed by atoms with Gasteiger partial charge in [0, 0.05) is 43.8 Å². The third kappa shape index (κ3) is 4.35. The zero-order valence-corrected chi connectivity index (χ0v) is 13.5. The van der Waals surface area contributed by atoms with Crippen molar-refractivity contribution in [3.8, 4) is 0 Å². The Morgan fingerprint density at radius 2 is 2.14 bits per heavy atom. The fraction of sp³-hybridized carbons (Fsp3) is 0.600. The summed E-state index contributed by atoms with van der Waals surface area (Å²) in [7, 11) is 0. The SMILES string of the molecule is CSCC[C@@H](O)C(=O)N1CCN(c2ccnc(C)c2)CC1. The summed E-state index contributed by atoms with van der Waals surface area (Å²) < 4.78 is 0. The lowest BCUT2D eigenvalue weighted by Crippen LogP contribution is -2.51. The highest BCUT2D eigenvalue weighted by Gasteiger charge is 2.25. The van der Waals surface area contributed by atoms with Gasteiger partial charge in [-0.15, -0.1) is 0 Å².